The molecule has 0 aliphatic rings. The third-order valence-electron chi connectivity index (χ3n) is 1.94. The van der Waals surface area contributed by atoms with Crippen LogP contribution in [0.1, 0.15) is 11.3 Å². The molecule has 0 aliphatic carbocycles. The fourth-order valence-corrected chi connectivity index (χ4v) is 1.22. The van der Waals surface area contributed by atoms with Gasteiger partial charge in [0.25, 0.3) is 0 Å². The number of pyridine rings is 1. The normalized spacial score (nSPS) is 11.0. The number of methoxy groups -OCH3 is 2. The third-order valence-corrected chi connectivity index (χ3v) is 1.94. The predicted molar refractivity (Wildman–Crippen MR) is 56.0 cm³/mol. The van der Waals surface area contributed by atoms with Crippen molar-refractivity contribution in [2.24, 2.45) is 0 Å². The Balaban J connectivity index is 3.17. The van der Waals surface area contributed by atoms with Crippen molar-refractivity contribution >= 4 is 11.5 Å². The molecule has 1 aromatic heterocycles. The van der Waals surface area contributed by atoms with Crippen LogP contribution in [0.3, 0.4) is 0 Å². The number of nitrogens with zero attached hydrogens (tertiary/aromatic N) is 1. The van der Waals surface area contributed by atoms with Crippen LogP contribution in [-0.2, 0) is 14.3 Å². The number of ether oxygens (including phenoxy) is 2. The Kier molecular flexibility index (Phi) is 3.85. The van der Waals surface area contributed by atoms with E-state index in [-0.39, 0.29) is 0 Å². The molecule has 4 heteroatoms. The van der Waals surface area contributed by atoms with Crippen molar-refractivity contribution in [2.75, 3.05) is 14.2 Å². The summed E-state index contributed by atoms with van der Waals surface area (Å²) in [4.78, 5) is 15.6. The molecule has 15 heavy (non-hydrogen) atoms. The highest BCUT2D eigenvalue weighted by atomic mass is 16.5. The van der Waals surface area contributed by atoms with Crippen molar-refractivity contribution < 1.29 is 14.3 Å². The van der Waals surface area contributed by atoms with Gasteiger partial charge in [-0.25, -0.2) is 4.79 Å². The summed E-state index contributed by atoms with van der Waals surface area (Å²) in [5.74, 6) is -0.437. The van der Waals surface area contributed by atoms with E-state index in [1.54, 1.807) is 18.3 Å². The maximum atomic E-state index is 11.5. The molecule has 1 rings (SSSR count). The standard InChI is InChI=1S/C11H13NO3/c1-8-9(5-4-6-12-8)10(7-14-2)11(13)15-3/h4-7H,1-3H3/b10-7+. The van der Waals surface area contributed by atoms with E-state index in [9.17, 15) is 4.79 Å². The van der Waals surface area contributed by atoms with Gasteiger partial charge in [0.2, 0.25) is 0 Å². The van der Waals surface area contributed by atoms with Gasteiger partial charge in [-0.1, -0.05) is 6.07 Å². The highest BCUT2D eigenvalue weighted by Gasteiger charge is 2.15. The van der Waals surface area contributed by atoms with Crippen LogP contribution in [0.4, 0.5) is 0 Å². The van der Waals surface area contributed by atoms with Crippen molar-refractivity contribution in [1.29, 1.82) is 0 Å². The van der Waals surface area contributed by atoms with E-state index in [1.165, 1.54) is 20.5 Å². The van der Waals surface area contributed by atoms with Gasteiger partial charge in [0.05, 0.1) is 20.5 Å². The lowest BCUT2D eigenvalue weighted by Crippen LogP contribution is -2.06. The smallest absolute Gasteiger partial charge is 0.341 e. The number of esters is 1. The molecule has 0 radical (unpaired) electrons. The molecule has 4 nitrogen and oxygen atoms in total. The average Bonchev–Trinajstić information content (AvgIpc) is 2.26. The van der Waals surface area contributed by atoms with Crippen molar-refractivity contribution in [2.45, 2.75) is 6.92 Å². The zero-order valence-corrected chi connectivity index (χ0v) is 8.98. The topological polar surface area (TPSA) is 48.4 Å². The average molecular weight is 207 g/mol. The minimum absolute atomic E-state index is 0.366. The molecule has 0 saturated carbocycles. The Morgan fingerprint density at radius 3 is 2.73 bits per heavy atom. The van der Waals surface area contributed by atoms with Crippen LogP contribution < -0.4 is 0 Å². The SMILES string of the molecule is CO/C=C(/C(=O)OC)c1cccnc1C. The van der Waals surface area contributed by atoms with Gasteiger partial charge >= 0.3 is 5.97 Å². The molecule has 0 fully saturated rings. The molecule has 0 amide bonds. The summed E-state index contributed by atoms with van der Waals surface area (Å²) in [6.45, 7) is 1.82. The van der Waals surface area contributed by atoms with Crippen LogP contribution in [0.15, 0.2) is 24.6 Å². The summed E-state index contributed by atoms with van der Waals surface area (Å²) in [6.07, 6.45) is 3.02. The van der Waals surface area contributed by atoms with E-state index in [1.807, 2.05) is 6.92 Å². The second-order valence-corrected chi connectivity index (χ2v) is 2.90. The molecule has 0 aliphatic heterocycles. The van der Waals surface area contributed by atoms with Crippen molar-refractivity contribution in [3.05, 3.63) is 35.8 Å². The number of hydrogen-bond acceptors (Lipinski definition) is 4. The quantitative estimate of drug-likeness (QED) is 0.428. The van der Waals surface area contributed by atoms with E-state index in [0.717, 1.165) is 5.69 Å². The van der Waals surface area contributed by atoms with Crippen molar-refractivity contribution in [1.82, 2.24) is 4.98 Å². The molecule has 1 aromatic rings. The van der Waals surface area contributed by atoms with Gasteiger partial charge in [-0.3, -0.25) is 4.98 Å². The summed E-state index contributed by atoms with van der Waals surface area (Å²) >= 11 is 0. The second-order valence-electron chi connectivity index (χ2n) is 2.90. The Bertz CT molecular complexity index is 385. The fourth-order valence-electron chi connectivity index (χ4n) is 1.22. The maximum absolute atomic E-state index is 11.5. The Morgan fingerprint density at radius 2 is 2.20 bits per heavy atom. The Morgan fingerprint density at radius 1 is 1.47 bits per heavy atom. The molecular weight excluding hydrogens is 194 g/mol. The van der Waals surface area contributed by atoms with Crippen LogP contribution in [-0.4, -0.2) is 25.2 Å². The number of aromatic nitrogens is 1. The second kappa shape index (κ2) is 5.14. The number of aryl methyl sites for hydroxylation is 1. The largest absolute Gasteiger partial charge is 0.503 e. The Hall–Kier alpha value is -1.84. The van der Waals surface area contributed by atoms with Crippen molar-refractivity contribution in [3.8, 4) is 0 Å². The van der Waals surface area contributed by atoms with E-state index < -0.39 is 5.97 Å². The van der Waals surface area contributed by atoms with Gasteiger partial charge in [0.1, 0.15) is 5.57 Å². The van der Waals surface area contributed by atoms with E-state index in [2.05, 4.69) is 9.72 Å². The molecule has 0 spiro atoms. The maximum Gasteiger partial charge on any atom is 0.341 e. The lowest BCUT2D eigenvalue weighted by atomic mass is 10.1. The van der Waals surface area contributed by atoms with E-state index >= 15 is 0 Å². The van der Waals surface area contributed by atoms with Gasteiger partial charge in [0, 0.05) is 17.5 Å². The first kappa shape index (κ1) is 11.2. The molecular formula is C11H13NO3. The van der Waals surface area contributed by atoms with Gasteiger partial charge in [0.15, 0.2) is 0 Å². The summed E-state index contributed by atoms with van der Waals surface area (Å²) in [5.41, 5.74) is 1.84. The first-order chi connectivity index (χ1) is 7.20. The molecule has 80 valence electrons. The molecule has 0 unspecified atom stereocenters. The van der Waals surface area contributed by atoms with Gasteiger partial charge in [-0.05, 0) is 13.0 Å². The monoisotopic (exact) mass is 207 g/mol. The number of hydrogen-bond donors (Lipinski definition) is 0. The lowest BCUT2D eigenvalue weighted by Gasteiger charge is -2.07. The summed E-state index contributed by atoms with van der Waals surface area (Å²) < 4.78 is 9.51. The lowest BCUT2D eigenvalue weighted by molar-refractivity contribution is -0.133. The number of carbonyl (C=O) groups excluding carboxylic acids is 1. The highest BCUT2D eigenvalue weighted by molar-refractivity contribution is 6.16. The van der Waals surface area contributed by atoms with Crippen LogP contribution in [0, 0.1) is 6.92 Å². The molecule has 0 bridgehead atoms. The predicted octanol–water partition coefficient (Wildman–Crippen LogP) is 1.55. The fraction of sp³-hybridized carbons (Fsp3) is 0.273. The van der Waals surface area contributed by atoms with Crippen LogP contribution >= 0.6 is 0 Å². The first-order valence-corrected chi connectivity index (χ1v) is 4.44. The van der Waals surface area contributed by atoms with Gasteiger partial charge in [-0.15, -0.1) is 0 Å². The summed E-state index contributed by atoms with van der Waals surface area (Å²) in [6, 6.07) is 3.55. The number of rotatable bonds is 3. The highest BCUT2D eigenvalue weighted by Crippen LogP contribution is 2.18. The molecule has 0 atom stereocenters. The van der Waals surface area contributed by atoms with Gasteiger partial charge < -0.3 is 9.47 Å². The molecule has 0 aromatic carbocycles. The minimum atomic E-state index is -0.437. The first-order valence-electron chi connectivity index (χ1n) is 4.44. The van der Waals surface area contributed by atoms with E-state index in [0.29, 0.717) is 11.1 Å². The number of carbonyl (C=O) groups is 1. The third kappa shape index (κ3) is 2.56. The zero-order valence-electron chi connectivity index (χ0n) is 8.98. The van der Waals surface area contributed by atoms with Crippen molar-refractivity contribution in [3.63, 3.8) is 0 Å². The van der Waals surface area contributed by atoms with E-state index in [4.69, 9.17) is 4.74 Å². The van der Waals surface area contributed by atoms with Crippen LogP contribution in [0.5, 0.6) is 0 Å². The minimum Gasteiger partial charge on any atom is -0.503 e. The molecule has 0 saturated heterocycles. The summed E-state index contributed by atoms with van der Waals surface area (Å²) in [7, 11) is 2.81. The summed E-state index contributed by atoms with van der Waals surface area (Å²) in [5, 5.41) is 0. The van der Waals surface area contributed by atoms with Crippen LogP contribution in [0.2, 0.25) is 0 Å². The van der Waals surface area contributed by atoms with Gasteiger partial charge in [-0.2, -0.15) is 0 Å². The molecule has 1 heterocycles. The Labute approximate surface area is 88.5 Å². The molecule has 0 N–H and O–H groups in total. The zero-order chi connectivity index (χ0) is 11.3. The van der Waals surface area contributed by atoms with Crippen LogP contribution in [0.25, 0.3) is 5.57 Å².